The summed E-state index contributed by atoms with van der Waals surface area (Å²) in [6.07, 6.45) is 4.23. The van der Waals surface area contributed by atoms with E-state index in [1.165, 1.54) is 11.8 Å². The molecule has 1 aliphatic heterocycles. The average molecular weight is 555 g/mol. The SMILES string of the molecule is C=c1cc(C)c(CC(=O)Cl)c/c1=C/C=C1\CSC(C(NCc2ccccc2)C(=O)OCCC)N=C1C(=O)O. The third kappa shape index (κ3) is 8.15. The number of rotatable bonds is 11. The lowest BCUT2D eigenvalue weighted by atomic mass is 10.0. The summed E-state index contributed by atoms with van der Waals surface area (Å²) in [6, 6.07) is 12.5. The van der Waals surface area contributed by atoms with E-state index in [0.717, 1.165) is 27.1 Å². The lowest BCUT2D eigenvalue weighted by molar-refractivity contribution is -0.146. The number of thioether (sulfide) groups is 1. The van der Waals surface area contributed by atoms with E-state index in [-0.39, 0.29) is 18.7 Å². The predicted molar refractivity (Wildman–Crippen MR) is 153 cm³/mol. The second-order valence-electron chi connectivity index (χ2n) is 8.86. The number of allylic oxidation sites excluding steroid dienone is 1. The molecular weight excluding hydrogens is 524 g/mol. The van der Waals surface area contributed by atoms with Crippen molar-refractivity contribution in [2.75, 3.05) is 12.4 Å². The summed E-state index contributed by atoms with van der Waals surface area (Å²) in [4.78, 5) is 40.9. The molecule has 0 radical (unpaired) electrons. The van der Waals surface area contributed by atoms with Gasteiger partial charge in [0.2, 0.25) is 5.24 Å². The Morgan fingerprint density at radius 1 is 1.26 bits per heavy atom. The van der Waals surface area contributed by atoms with Crippen LogP contribution in [0.25, 0.3) is 12.7 Å². The first-order valence-electron chi connectivity index (χ1n) is 12.2. The summed E-state index contributed by atoms with van der Waals surface area (Å²) in [5, 5.41) is 13.5. The zero-order valence-corrected chi connectivity index (χ0v) is 23.0. The van der Waals surface area contributed by atoms with Crippen molar-refractivity contribution in [2.24, 2.45) is 4.99 Å². The molecule has 0 aromatic heterocycles. The number of benzene rings is 2. The van der Waals surface area contributed by atoms with Crippen LogP contribution in [0.5, 0.6) is 0 Å². The standard InChI is InChI=1S/C29H31ClN2O5S/c1-4-12-37-29(36)26(31-16-20-8-6-5-7-9-20)27-32-25(28(34)35)22(17-38-27)11-10-21-14-23(15-24(30)33)19(3)13-18(21)2/h5-11,13-14,26-27,31H,2,4,12,15-17H2,1,3H3,(H,34,35)/b21-10-,22-11+. The number of carbonyl (C=O) groups is 3. The van der Waals surface area contributed by atoms with Crippen LogP contribution < -0.4 is 15.8 Å². The molecule has 0 saturated carbocycles. The zero-order chi connectivity index (χ0) is 27.7. The van der Waals surface area contributed by atoms with E-state index >= 15 is 0 Å². The molecule has 9 heteroatoms. The van der Waals surface area contributed by atoms with E-state index in [0.29, 0.717) is 24.3 Å². The Hall–Kier alpha value is -3.20. The first kappa shape index (κ1) is 29.4. The first-order valence-corrected chi connectivity index (χ1v) is 13.7. The second kappa shape index (κ2) is 14.1. The summed E-state index contributed by atoms with van der Waals surface area (Å²) in [5.74, 6) is -1.30. The Kier molecular flexibility index (Phi) is 10.9. The van der Waals surface area contributed by atoms with Gasteiger partial charge in [0.05, 0.1) is 6.61 Å². The smallest absolute Gasteiger partial charge is 0.354 e. The number of halogens is 1. The number of nitrogens with zero attached hydrogens (tertiary/aromatic N) is 1. The Morgan fingerprint density at radius 3 is 2.66 bits per heavy atom. The van der Waals surface area contributed by atoms with Crippen molar-refractivity contribution in [1.29, 1.82) is 0 Å². The normalized spacial score (nSPS) is 17.7. The second-order valence-corrected chi connectivity index (χ2v) is 10.4. The third-order valence-corrected chi connectivity index (χ3v) is 7.25. The van der Waals surface area contributed by atoms with Gasteiger partial charge >= 0.3 is 11.9 Å². The molecular formula is C29H31ClN2O5S. The van der Waals surface area contributed by atoms with Gasteiger partial charge in [0, 0.05) is 18.7 Å². The van der Waals surface area contributed by atoms with Crippen LogP contribution in [0.3, 0.4) is 0 Å². The maximum Gasteiger partial charge on any atom is 0.354 e. The van der Waals surface area contributed by atoms with Crippen molar-refractivity contribution in [3.8, 4) is 0 Å². The molecule has 0 saturated heterocycles. The van der Waals surface area contributed by atoms with Crippen LogP contribution >= 0.6 is 23.4 Å². The Bertz CT molecular complexity index is 1360. The van der Waals surface area contributed by atoms with Gasteiger partial charge in [-0.05, 0) is 57.6 Å². The highest BCUT2D eigenvalue weighted by atomic mass is 35.5. The number of hydrogen-bond acceptors (Lipinski definition) is 7. The van der Waals surface area contributed by atoms with Gasteiger partial charge in [0.25, 0.3) is 0 Å². The largest absolute Gasteiger partial charge is 0.477 e. The summed E-state index contributed by atoms with van der Waals surface area (Å²) >= 11 is 6.95. The van der Waals surface area contributed by atoms with E-state index in [1.54, 1.807) is 12.2 Å². The van der Waals surface area contributed by atoms with Crippen molar-refractivity contribution in [2.45, 2.75) is 44.6 Å². The van der Waals surface area contributed by atoms with Crippen LogP contribution in [0.4, 0.5) is 0 Å². The molecule has 2 aromatic carbocycles. The fraction of sp³-hybridized carbons (Fsp3) is 0.310. The topological polar surface area (TPSA) is 105 Å². The molecule has 1 aliphatic rings. The average Bonchev–Trinajstić information content (AvgIpc) is 2.89. The number of nitrogens with one attached hydrogen (secondary N) is 1. The molecule has 2 N–H and O–H groups in total. The van der Waals surface area contributed by atoms with Gasteiger partial charge in [-0.15, -0.1) is 11.8 Å². The maximum absolute atomic E-state index is 12.9. The zero-order valence-electron chi connectivity index (χ0n) is 21.4. The minimum atomic E-state index is -1.18. The van der Waals surface area contributed by atoms with Crippen molar-refractivity contribution < 1.29 is 24.2 Å². The molecule has 0 aliphatic carbocycles. The number of ether oxygens (including phenoxy) is 1. The highest BCUT2D eigenvalue weighted by Crippen LogP contribution is 2.27. The van der Waals surface area contributed by atoms with Crippen LogP contribution in [-0.4, -0.2) is 51.8 Å². The lowest BCUT2D eigenvalue weighted by Crippen LogP contribution is -2.46. The van der Waals surface area contributed by atoms with Gasteiger partial charge in [0.15, 0.2) is 0 Å². The van der Waals surface area contributed by atoms with E-state index in [4.69, 9.17) is 16.3 Å². The molecule has 2 aromatic rings. The molecule has 0 bridgehead atoms. The molecule has 0 spiro atoms. The summed E-state index contributed by atoms with van der Waals surface area (Å²) in [5.41, 5.74) is 3.08. The fourth-order valence-corrected chi connectivity index (χ4v) is 5.22. The van der Waals surface area contributed by atoms with Gasteiger partial charge in [-0.1, -0.05) is 68.1 Å². The van der Waals surface area contributed by atoms with E-state index in [2.05, 4.69) is 16.9 Å². The molecule has 0 amide bonds. The van der Waals surface area contributed by atoms with Gasteiger partial charge in [0.1, 0.15) is 17.1 Å². The summed E-state index contributed by atoms with van der Waals surface area (Å²) < 4.78 is 5.39. The van der Waals surface area contributed by atoms with Gasteiger partial charge in [-0.25, -0.2) is 4.79 Å². The number of esters is 1. The van der Waals surface area contributed by atoms with Crippen LogP contribution in [0.15, 0.2) is 59.1 Å². The van der Waals surface area contributed by atoms with Crippen molar-refractivity contribution in [1.82, 2.24) is 5.32 Å². The highest BCUT2D eigenvalue weighted by Gasteiger charge is 2.34. The predicted octanol–water partition coefficient (Wildman–Crippen LogP) is 3.13. The molecule has 2 atom stereocenters. The van der Waals surface area contributed by atoms with Crippen molar-refractivity contribution in [3.63, 3.8) is 0 Å². The van der Waals surface area contributed by atoms with Gasteiger partial charge in [-0.3, -0.25) is 19.9 Å². The third-order valence-electron chi connectivity index (χ3n) is 5.92. The number of aliphatic imine (C=N–C) groups is 1. The first-order chi connectivity index (χ1) is 18.2. The Morgan fingerprint density at radius 2 is 2.00 bits per heavy atom. The van der Waals surface area contributed by atoms with Gasteiger partial charge < -0.3 is 9.84 Å². The van der Waals surface area contributed by atoms with Crippen molar-refractivity contribution >= 4 is 58.9 Å². The fourth-order valence-electron chi connectivity index (χ4n) is 3.92. The number of carboxylic acid groups (broad SMARTS) is 1. The monoisotopic (exact) mass is 554 g/mol. The summed E-state index contributed by atoms with van der Waals surface area (Å²) in [6.45, 7) is 8.53. The molecule has 3 rings (SSSR count). The number of aliphatic carboxylic acids is 1. The number of carboxylic acids is 1. The Balaban J connectivity index is 1.92. The molecule has 1 heterocycles. The maximum atomic E-state index is 12.9. The number of carbonyl (C=O) groups excluding carboxylic acids is 2. The molecule has 0 fully saturated rings. The molecule has 2 unspecified atom stereocenters. The lowest BCUT2D eigenvalue weighted by Gasteiger charge is -2.27. The Labute approximate surface area is 231 Å². The number of aryl methyl sites for hydroxylation is 1. The van der Waals surface area contributed by atoms with E-state index in [9.17, 15) is 19.5 Å². The van der Waals surface area contributed by atoms with Gasteiger partial charge in [-0.2, -0.15) is 0 Å². The molecule has 7 nitrogen and oxygen atoms in total. The molecule has 200 valence electrons. The van der Waals surface area contributed by atoms with E-state index in [1.807, 2.05) is 56.3 Å². The van der Waals surface area contributed by atoms with Crippen LogP contribution in [0.2, 0.25) is 0 Å². The summed E-state index contributed by atoms with van der Waals surface area (Å²) in [7, 11) is 0. The van der Waals surface area contributed by atoms with Crippen LogP contribution in [-0.2, 0) is 32.1 Å². The quantitative estimate of drug-likeness (QED) is 0.325. The highest BCUT2D eigenvalue weighted by molar-refractivity contribution is 8.00. The minimum Gasteiger partial charge on any atom is -0.477 e. The molecule has 38 heavy (non-hydrogen) atoms. The number of hydrogen-bond donors (Lipinski definition) is 2. The van der Waals surface area contributed by atoms with E-state index < -0.39 is 28.6 Å². The van der Waals surface area contributed by atoms with Crippen molar-refractivity contribution in [3.05, 3.63) is 81.2 Å². The van der Waals surface area contributed by atoms with Crippen LogP contribution in [0.1, 0.15) is 30.0 Å². The van der Waals surface area contributed by atoms with Crippen LogP contribution in [0, 0.1) is 6.92 Å². The minimum absolute atomic E-state index is 0.0932.